The standard InChI is InChI=1S/C11H18ClN3O2/c1-5-15(7-10(16)17-4)6-9-11(12)8(2)13-14(9)3/h5-7H2,1-4H3. The first-order chi connectivity index (χ1) is 7.99. The van der Waals surface area contributed by atoms with Gasteiger partial charge in [0.05, 0.1) is 30.1 Å². The van der Waals surface area contributed by atoms with Gasteiger partial charge < -0.3 is 4.74 Å². The van der Waals surface area contributed by atoms with Crippen molar-refractivity contribution in [1.82, 2.24) is 14.7 Å². The third-order valence-electron chi connectivity index (χ3n) is 2.66. The van der Waals surface area contributed by atoms with Crippen LogP contribution in [-0.4, -0.2) is 40.8 Å². The van der Waals surface area contributed by atoms with Gasteiger partial charge in [0.25, 0.3) is 0 Å². The van der Waals surface area contributed by atoms with Gasteiger partial charge in [-0.15, -0.1) is 0 Å². The molecular formula is C11H18ClN3O2. The molecule has 0 aliphatic carbocycles. The van der Waals surface area contributed by atoms with E-state index in [0.717, 1.165) is 17.9 Å². The molecule has 0 saturated carbocycles. The highest BCUT2D eigenvalue weighted by Crippen LogP contribution is 2.20. The van der Waals surface area contributed by atoms with E-state index < -0.39 is 0 Å². The van der Waals surface area contributed by atoms with E-state index in [2.05, 4.69) is 9.84 Å². The predicted molar refractivity (Wildman–Crippen MR) is 65.9 cm³/mol. The number of likely N-dealkylation sites (N-methyl/N-ethyl adjacent to an activating group) is 1. The van der Waals surface area contributed by atoms with Crippen LogP contribution >= 0.6 is 11.6 Å². The van der Waals surface area contributed by atoms with Crippen LogP contribution < -0.4 is 0 Å². The molecular weight excluding hydrogens is 242 g/mol. The van der Waals surface area contributed by atoms with E-state index in [9.17, 15) is 4.79 Å². The summed E-state index contributed by atoms with van der Waals surface area (Å²) in [4.78, 5) is 13.2. The molecule has 6 heteroatoms. The number of aryl methyl sites for hydroxylation is 2. The zero-order chi connectivity index (χ0) is 13.0. The van der Waals surface area contributed by atoms with Crippen LogP contribution in [0.15, 0.2) is 0 Å². The number of hydrogen-bond donors (Lipinski definition) is 0. The van der Waals surface area contributed by atoms with Crippen LogP contribution in [0.4, 0.5) is 0 Å². The van der Waals surface area contributed by atoms with Gasteiger partial charge in [0.2, 0.25) is 0 Å². The minimum atomic E-state index is -0.248. The van der Waals surface area contributed by atoms with Crippen LogP contribution in [0.25, 0.3) is 0 Å². The van der Waals surface area contributed by atoms with E-state index in [1.807, 2.05) is 25.8 Å². The Morgan fingerprint density at radius 3 is 2.65 bits per heavy atom. The van der Waals surface area contributed by atoms with E-state index in [1.165, 1.54) is 7.11 Å². The smallest absolute Gasteiger partial charge is 0.319 e. The third kappa shape index (κ3) is 3.44. The second kappa shape index (κ2) is 6.02. The fraction of sp³-hybridized carbons (Fsp3) is 0.636. The van der Waals surface area contributed by atoms with Gasteiger partial charge in [0.15, 0.2) is 0 Å². The van der Waals surface area contributed by atoms with E-state index in [1.54, 1.807) is 4.68 Å². The van der Waals surface area contributed by atoms with Crippen molar-refractivity contribution in [2.24, 2.45) is 7.05 Å². The van der Waals surface area contributed by atoms with Gasteiger partial charge in [-0.05, 0) is 13.5 Å². The van der Waals surface area contributed by atoms with E-state index in [-0.39, 0.29) is 12.5 Å². The number of halogens is 1. The molecule has 0 atom stereocenters. The van der Waals surface area contributed by atoms with Crippen molar-refractivity contribution in [2.45, 2.75) is 20.4 Å². The molecule has 0 aromatic carbocycles. The molecule has 1 rings (SSSR count). The molecule has 1 aromatic rings. The molecule has 0 spiro atoms. The van der Waals surface area contributed by atoms with Crippen LogP contribution in [-0.2, 0) is 23.1 Å². The largest absolute Gasteiger partial charge is 0.468 e. The molecule has 0 aliphatic heterocycles. The van der Waals surface area contributed by atoms with Gasteiger partial charge >= 0.3 is 5.97 Å². The molecule has 0 unspecified atom stereocenters. The third-order valence-corrected chi connectivity index (χ3v) is 3.15. The maximum absolute atomic E-state index is 11.2. The lowest BCUT2D eigenvalue weighted by molar-refractivity contribution is -0.142. The normalized spacial score (nSPS) is 10.9. The van der Waals surface area contributed by atoms with Gasteiger partial charge in [0.1, 0.15) is 0 Å². The number of rotatable bonds is 5. The molecule has 17 heavy (non-hydrogen) atoms. The quantitative estimate of drug-likeness (QED) is 0.750. The van der Waals surface area contributed by atoms with Gasteiger partial charge in [-0.25, -0.2) is 0 Å². The Bertz CT molecular complexity index is 404. The second-order valence-corrected chi connectivity index (χ2v) is 4.23. The SMILES string of the molecule is CCN(CC(=O)OC)Cc1c(Cl)c(C)nn1C. The van der Waals surface area contributed by atoms with Gasteiger partial charge in [-0.2, -0.15) is 5.10 Å². The number of esters is 1. The highest BCUT2D eigenvalue weighted by atomic mass is 35.5. The van der Waals surface area contributed by atoms with Crippen LogP contribution in [0.1, 0.15) is 18.3 Å². The fourth-order valence-electron chi connectivity index (χ4n) is 1.59. The summed E-state index contributed by atoms with van der Waals surface area (Å²) >= 11 is 6.16. The average Bonchev–Trinajstić information content (AvgIpc) is 2.54. The first-order valence-electron chi connectivity index (χ1n) is 5.46. The summed E-state index contributed by atoms with van der Waals surface area (Å²) in [5.41, 5.74) is 1.72. The van der Waals surface area contributed by atoms with Crippen molar-refractivity contribution in [3.63, 3.8) is 0 Å². The first kappa shape index (κ1) is 14.0. The number of hydrogen-bond acceptors (Lipinski definition) is 4. The summed E-state index contributed by atoms with van der Waals surface area (Å²) < 4.78 is 6.40. The van der Waals surface area contributed by atoms with E-state index >= 15 is 0 Å². The molecule has 96 valence electrons. The lowest BCUT2D eigenvalue weighted by Crippen LogP contribution is -2.30. The van der Waals surface area contributed by atoms with Crippen LogP contribution in [0.2, 0.25) is 5.02 Å². The zero-order valence-corrected chi connectivity index (χ0v) is 11.4. The fourth-order valence-corrected chi connectivity index (χ4v) is 1.81. The monoisotopic (exact) mass is 259 g/mol. The Morgan fingerprint density at radius 2 is 2.24 bits per heavy atom. The summed E-state index contributed by atoms with van der Waals surface area (Å²) in [6, 6.07) is 0. The molecule has 0 N–H and O–H groups in total. The molecule has 0 saturated heterocycles. The van der Waals surface area contributed by atoms with Gasteiger partial charge in [-0.1, -0.05) is 18.5 Å². The van der Waals surface area contributed by atoms with Crippen molar-refractivity contribution in [3.05, 3.63) is 16.4 Å². The topological polar surface area (TPSA) is 47.4 Å². The molecule has 0 aliphatic rings. The first-order valence-corrected chi connectivity index (χ1v) is 5.84. The van der Waals surface area contributed by atoms with Gasteiger partial charge in [0, 0.05) is 13.6 Å². The molecule has 0 radical (unpaired) electrons. The molecule has 5 nitrogen and oxygen atoms in total. The predicted octanol–water partition coefficient (Wildman–Crippen LogP) is 1.38. The summed E-state index contributed by atoms with van der Waals surface area (Å²) in [5, 5.41) is 4.90. The number of carbonyl (C=O) groups excluding carboxylic acids is 1. The maximum Gasteiger partial charge on any atom is 0.319 e. The van der Waals surface area contributed by atoms with E-state index in [0.29, 0.717) is 11.6 Å². The van der Waals surface area contributed by atoms with Gasteiger partial charge in [-0.3, -0.25) is 14.4 Å². The summed E-state index contributed by atoms with van der Waals surface area (Å²) in [5.74, 6) is -0.248. The summed E-state index contributed by atoms with van der Waals surface area (Å²) in [6.45, 7) is 5.44. The Labute approximate surface area is 106 Å². The lowest BCUT2D eigenvalue weighted by atomic mass is 10.3. The molecule has 1 aromatic heterocycles. The number of aromatic nitrogens is 2. The Balaban J connectivity index is 2.77. The lowest BCUT2D eigenvalue weighted by Gasteiger charge is -2.19. The van der Waals surface area contributed by atoms with E-state index in [4.69, 9.17) is 11.6 Å². The average molecular weight is 260 g/mol. The molecule has 0 amide bonds. The highest BCUT2D eigenvalue weighted by molar-refractivity contribution is 6.31. The molecule has 0 bridgehead atoms. The van der Waals surface area contributed by atoms with Crippen LogP contribution in [0, 0.1) is 6.92 Å². The highest BCUT2D eigenvalue weighted by Gasteiger charge is 2.16. The maximum atomic E-state index is 11.2. The summed E-state index contributed by atoms with van der Waals surface area (Å²) in [7, 11) is 3.23. The number of methoxy groups -OCH3 is 1. The minimum absolute atomic E-state index is 0.248. The van der Waals surface area contributed by atoms with Crippen molar-refractivity contribution in [2.75, 3.05) is 20.2 Å². The van der Waals surface area contributed by atoms with Crippen molar-refractivity contribution >= 4 is 17.6 Å². The number of ether oxygens (including phenoxy) is 1. The number of nitrogens with zero attached hydrogens (tertiary/aromatic N) is 3. The van der Waals surface area contributed by atoms with Crippen molar-refractivity contribution in [3.8, 4) is 0 Å². The minimum Gasteiger partial charge on any atom is -0.468 e. The van der Waals surface area contributed by atoms with Crippen molar-refractivity contribution < 1.29 is 9.53 Å². The Hall–Kier alpha value is -1.07. The van der Waals surface area contributed by atoms with Crippen molar-refractivity contribution in [1.29, 1.82) is 0 Å². The zero-order valence-electron chi connectivity index (χ0n) is 10.7. The van der Waals surface area contributed by atoms with Crippen LogP contribution in [0.3, 0.4) is 0 Å². The van der Waals surface area contributed by atoms with Crippen LogP contribution in [0.5, 0.6) is 0 Å². The molecule has 1 heterocycles. The number of carbonyl (C=O) groups is 1. The Kier molecular flexibility index (Phi) is 4.96. The molecule has 0 fully saturated rings. The Morgan fingerprint density at radius 1 is 1.59 bits per heavy atom. The summed E-state index contributed by atoms with van der Waals surface area (Å²) in [6.07, 6.45) is 0. The second-order valence-electron chi connectivity index (χ2n) is 3.85.